The second-order valence-corrected chi connectivity index (χ2v) is 7.17. The number of hydrogen-bond acceptors (Lipinski definition) is 5. The average molecular weight is 384 g/mol. The molecule has 0 amide bonds. The van der Waals surface area contributed by atoms with Gasteiger partial charge in [0, 0.05) is 35.6 Å². The van der Waals surface area contributed by atoms with Gasteiger partial charge in [-0.2, -0.15) is 0 Å². The number of nitrogens with zero attached hydrogens (tertiary/aromatic N) is 1. The summed E-state index contributed by atoms with van der Waals surface area (Å²) in [5, 5.41) is 1.97. The van der Waals surface area contributed by atoms with Crippen molar-refractivity contribution < 1.29 is 19.0 Å². The number of hydrogen-bond donors (Lipinski definition) is 1. The molecule has 0 aliphatic heterocycles. The van der Waals surface area contributed by atoms with Gasteiger partial charge in [-0.3, -0.25) is 0 Å². The average Bonchev–Trinajstić information content (AvgIpc) is 3.04. The molecule has 28 heavy (non-hydrogen) atoms. The first kappa shape index (κ1) is 20.3. The summed E-state index contributed by atoms with van der Waals surface area (Å²) in [5.74, 6) is -0.439. The van der Waals surface area contributed by atoms with E-state index in [2.05, 4.69) is 23.0 Å². The molecule has 1 aromatic carbocycles. The molecule has 2 heterocycles. The van der Waals surface area contributed by atoms with Crippen LogP contribution in [0.4, 0.5) is 0 Å². The summed E-state index contributed by atoms with van der Waals surface area (Å²) >= 11 is 0. The summed E-state index contributed by atoms with van der Waals surface area (Å²) in [6.45, 7) is 8.74. The van der Waals surface area contributed by atoms with Crippen LogP contribution in [0.25, 0.3) is 21.8 Å². The number of fused-ring (bicyclic) bond motifs is 3. The van der Waals surface area contributed by atoms with Gasteiger partial charge in [-0.25, -0.2) is 9.78 Å². The normalized spacial score (nSPS) is 12.8. The Labute approximate surface area is 165 Å². The lowest BCUT2D eigenvalue weighted by Gasteiger charge is -2.16. The van der Waals surface area contributed by atoms with Crippen molar-refractivity contribution in [1.82, 2.24) is 9.97 Å². The van der Waals surface area contributed by atoms with Crippen molar-refractivity contribution in [2.24, 2.45) is 0 Å². The summed E-state index contributed by atoms with van der Waals surface area (Å²) in [4.78, 5) is 20.4. The highest BCUT2D eigenvalue weighted by Crippen LogP contribution is 2.36. The van der Waals surface area contributed by atoms with E-state index in [1.165, 1.54) is 0 Å². The number of esters is 1. The number of methoxy groups -OCH3 is 1. The minimum Gasteiger partial charge on any atom is -0.458 e. The third-order valence-electron chi connectivity index (χ3n) is 4.63. The number of carbonyl (C=O) groups excluding carboxylic acids is 1. The fraction of sp³-hybridized carbons (Fsp3) is 0.455. The Bertz CT molecular complexity index is 977. The standard InChI is InChI=1S/C22H28N2O4/c1-6-10-27-14(4)15-8-7-9-17-19(15)20-16(12-26-5)21(22(25)28-13(2)3)23-11-18(20)24-17/h7-9,11,13-14,24H,6,10,12H2,1-5H3. The van der Waals surface area contributed by atoms with Gasteiger partial charge in [-0.05, 0) is 38.8 Å². The van der Waals surface area contributed by atoms with Crippen LogP contribution in [0, 0.1) is 0 Å². The summed E-state index contributed by atoms with van der Waals surface area (Å²) in [6, 6.07) is 6.10. The zero-order valence-electron chi connectivity index (χ0n) is 17.2. The summed E-state index contributed by atoms with van der Waals surface area (Å²) < 4.78 is 16.8. The minimum atomic E-state index is -0.439. The number of nitrogens with one attached hydrogen (secondary N) is 1. The van der Waals surface area contributed by atoms with Gasteiger partial charge in [0.1, 0.15) is 0 Å². The lowest BCUT2D eigenvalue weighted by Crippen LogP contribution is -2.16. The van der Waals surface area contributed by atoms with Crippen LogP contribution in [0.3, 0.4) is 0 Å². The predicted molar refractivity (Wildman–Crippen MR) is 110 cm³/mol. The smallest absolute Gasteiger partial charge is 0.357 e. The van der Waals surface area contributed by atoms with Crippen LogP contribution >= 0.6 is 0 Å². The van der Waals surface area contributed by atoms with Gasteiger partial charge in [0.05, 0.1) is 30.5 Å². The van der Waals surface area contributed by atoms with E-state index in [4.69, 9.17) is 14.2 Å². The first-order valence-corrected chi connectivity index (χ1v) is 9.71. The monoisotopic (exact) mass is 384 g/mol. The molecule has 0 saturated heterocycles. The maximum Gasteiger partial charge on any atom is 0.357 e. The molecule has 0 bridgehead atoms. The molecule has 0 aliphatic rings. The first-order chi connectivity index (χ1) is 13.5. The minimum absolute atomic E-state index is 0.0720. The summed E-state index contributed by atoms with van der Waals surface area (Å²) in [5.41, 5.74) is 3.93. The molecule has 0 aliphatic carbocycles. The number of carbonyl (C=O) groups is 1. The van der Waals surface area contributed by atoms with Gasteiger partial charge in [-0.1, -0.05) is 19.1 Å². The third-order valence-corrected chi connectivity index (χ3v) is 4.63. The molecule has 0 radical (unpaired) electrons. The van der Waals surface area contributed by atoms with E-state index in [0.29, 0.717) is 12.3 Å². The van der Waals surface area contributed by atoms with Crippen molar-refractivity contribution in [2.75, 3.05) is 13.7 Å². The van der Waals surface area contributed by atoms with Crippen LogP contribution in [0.1, 0.15) is 61.8 Å². The van der Waals surface area contributed by atoms with Gasteiger partial charge in [0.15, 0.2) is 5.69 Å². The molecule has 0 fully saturated rings. The Hall–Kier alpha value is -2.44. The molecular formula is C22H28N2O4. The molecule has 6 heteroatoms. The van der Waals surface area contributed by atoms with Crippen molar-refractivity contribution in [2.45, 2.75) is 52.9 Å². The highest BCUT2D eigenvalue weighted by molar-refractivity contribution is 6.12. The zero-order chi connectivity index (χ0) is 20.3. The molecule has 3 rings (SSSR count). The zero-order valence-corrected chi connectivity index (χ0v) is 17.2. The van der Waals surface area contributed by atoms with Gasteiger partial charge >= 0.3 is 5.97 Å². The number of ether oxygens (including phenoxy) is 3. The number of rotatable bonds is 8. The van der Waals surface area contributed by atoms with Crippen molar-refractivity contribution in [1.29, 1.82) is 0 Å². The van der Waals surface area contributed by atoms with Crippen LogP contribution in [-0.4, -0.2) is 35.8 Å². The summed E-state index contributed by atoms with van der Waals surface area (Å²) in [7, 11) is 1.61. The van der Waals surface area contributed by atoms with E-state index < -0.39 is 5.97 Å². The maximum atomic E-state index is 12.6. The van der Waals surface area contributed by atoms with E-state index in [9.17, 15) is 4.79 Å². The quantitative estimate of drug-likeness (QED) is 0.558. The molecule has 2 aromatic heterocycles. The molecule has 0 spiro atoms. The second-order valence-electron chi connectivity index (χ2n) is 7.17. The number of pyridine rings is 1. The SMILES string of the molecule is CCCOC(C)c1cccc2[nH]c3cnc(C(=O)OC(C)C)c(COC)c3c12. The fourth-order valence-corrected chi connectivity index (χ4v) is 3.49. The largest absolute Gasteiger partial charge is 0.458 e. The Morgan fingerprint density at radius 2 is 1.96 bits per heavy atom. The maximum absolute atomic E-state index is 12.6. The Balaban J connectivity index is 2.26. The highest BCUT2D eigenvalue weighted by atomic mass is 16.5. The number of aromatic amines is 1. The van der Waals surface area contributed by atoms with E-state index in [0.717, 1.165) is 39.4 Å². The first-order valence-electron chi connectivity index (χ1n) is 9.71. The van der Waals surface area contributed by atoms with E-state index in [-0.39, 0.29) is 18.8 Å². The van der Waals surface area contributed by atoms with E-state index >= 15 is 0 Å². The van der Waals surface area contributed by atoms with Gasteiger partial charge in [0.25, 0.3) is 0 Å². The van der Waals surface area contributed by atoms with Crippen molar-refractivity contribution in [3.63, 3.8) is 0 Å². The van der Waals surface area contributed by atoms with Gasteiger partial charge in [-0.15, -0.1) is 0 Å². The molecule has 1 N–H and O–H groups in total. The number of benzene rings is 1. The molecule has 0 saturated carbocycles. The topological polar surface area (TPSA) is 73.4 Å². The van der Waals surface area contributed by atoms with Gasteiger partial charge < -0.3 is 19.2 Å². The molecule has 3 aromatic rings. The van der Waals surface area contributed by atoms with Crippen molar-refractivity contribution >= 4 is 27.8 Å². The molecule has 6 nitrogen and oxygen atoms in total. The lowest BCUT2D eigenvalue weighted by molar-refractivity contribution is 0.0366. The molecular weight excluding hydrogens is 356 g/mol. The molecule has 1 unspecified atom stereocenters. The highest BCUT2D eigenvalue weighted by Gasteiger charge is 2.23. The number of aromatic nitrogens is 2. The van der Waals surface area contributed by atoms with E-state index in [1.54, 1.807) is 13.3 Å². The van der Waals surface area contributed by atoms with Crippen LogP contribution < -0.4 is 0 Å². The van der Waals surface area contributed by atoms with Crippen molar-refractivity contribution in [3.8, 4) is 0 Å². The Morgan fingerprint density at radius 3 is 2.64 bits per heavy atom. The second kappa shape index (κ2) is 8.71. The van der Waals surface area contributed by atoms with Gasteiger partial charge in [0.2, 0.25) is 0 Å². The lowest BCUT2D eigenvalue weighted by atomic mass is 9.99. The van der Waals surface area contributed by atoms with E-state index in [1.807, 2.05) is 32.9 Å². The van der Waals surface area contributed by atoms with Crippen LogP contribution in [0.15, 0.2) is 24.4 Å². The fourth-order valence-electron chi connectivity index (χ4n) is 3.49. The predicted octanol–water partition coefficient (Wildman–Crippen LogP) is 4.92. The van der Waals surface area contributed by atoms with Crippen LogP contribution in [0.2, 0.25) is 0 Å². The molecule has 150 valence electrons. The molecule has 1 atom stereocenters. The van der Waals surface area contributed by atoms with Crippen LogP contribution in [0.5, 0.6) is 0 Å². The van der Waals surface area contributed by atoms with Crippen LogP contribution in [-0.2, 0) is 20.8 Å². The van der Waals surface area contributed by atoms with Crippen molar-refractivity contribution in [3.05, 3.63) is 41.2 Å². The summed E-state index contributed by atoms with van der Waals surface area (Å²) in [6.07, 6.45) is 2.35. The Morgan fingerprint density at radius 1 is 1.18 bits per heavy atom. The third kappa shape index (κ3) is 3.88. The Kier molecular flexibility index (Phi) is 6.31. The number of H-pyrrole nitrogens is 1.